The SMILES string of the molecule is CCOc1nc(N)nc2c1ncn2[C@@H](CF)O[C@](F)(COPOC(C)C)[C@H](C)OC=O. The number of hydrogen-bond acceptors (Lipinski definition) is 10. The fourth-order valence-electron chi connectivity index (χ4n) is 2.43. The molecule has 0 aliphatic rings. The van der Waals surface area contributed by atoms with Crippen LogP contribution in [0.15, 0.2) is 6.33 Å². The van der Waals surface area contributed by atoms with E-state index in [0.29, 0.717) is 0 Å². The monoisotopic (exact) mass is 465 g/mol. The molecule has 0 aliphatic carbocycles. The van der Waals surface area contributed by atoms with Crippen molar-refractivity contribution in [3.63, 3.8) is 0 Å². The van der Waals surface area contributed by atoms with Gasteiger partial charge in [0.2, 0.25) is 11.8 Å². The molecule has 2 heterocycles. The first kappa shape index (κ1) is 25.1. The third kappa shape index (κ3) is 6.39. The molecule has 0 aliphatic heterocycles. The summed E-state index contributed by atoms with van der Waals surface area (Å²) in [6, 6.07) is 0. The maximum absolute atomic E-state index is 15.6. The minimum atomic E-state index is -2.71. The zero-order chi connectivity index (χ0) is 23.0. The number of halogens is 2. The second-order valence-corrected chi connectivity index (χ2v) is 7.26. The van der Waals surface area contributed by atoms with Gasteiger partial charge in [0.15, 0.2) is 32.5 Å². The minimum absolute atomic E-state index is 0.0641. The Kier molecular flexibility index (Phi) is 9.23. The van der Waals surface area contributed by atoms with Crippen LogP contribution in [-0.4, -0.2) is 63.9 Å². The standard InChI is InChI=1S/C17H26F2N5O6P/c1-5-26-15-13-14(22-16(20)23-15)24(8-21-13)12(6-18)29-17(19,11(4)27-9-25)7-28-31-30-10(2)3/h8-12,31H,5-7H2,1-4H3,(H2,20,22,23)/t11-,12+,17+/m0/s1. The van der Waals surface area contributed by atoms with Crippen LogP contribution < -0.4 is 10.5 Å². The number of fused-ring (bicyclic) bond motifs is 1. The van der Waals surface area contributed by atoms with Gasteiger partial charge in [-0.15, -0.1) is 0 Å². The van der Waals surface area contributed by atoms with Crippen LogP contribution >= 0.6 is 9.03 Å². The molecule has 4 atom stereocenters. The van der Waals surface area contributed by atoms with E-state index in [9.17, 15) is 9.18 Å². The highest BCUT2D eigenvalue weighted by molar-refractivity contribution is 7.26. The quantitative estimate of drug-likeness (QED) is 0.252. The number of ether oxygens (including phenoxy) is 3. The second kappa shape index (κ2) is 11.4. The largest absolute Gasteiger partial charge is 0.476 e. The van der Waals surface area contributed by atoms with Crippen LogP contribution in [0, 0.1) is 0 Å². The van der Waals surface area contributed by atoms with Crippen molar-refractivity contribution in [2.24, 2.45) is 0 Å². The lowest BCUT2D eigenvalue weighted by atomic mass is 10.2. The number of alkyl halides is 2. The molecule has 2 aromatic rings. The Balaban J connectivity index is 2.32. The Morgan fingerprint density at radius 1 is 1.35 bits per heavy atom. The molecule has 11 nitrogen and oxygen atoms in total. The molecule has 0 radical (unpaired) electrons. The molecular formula is C17H26F2N5O6P. The molecule has 2 aromatic heterocycles. The van der Waals surface area contributed by atoms with Crippen LogP contribution in [0.5, 0.6) is 5.88 Å². The van der Waals surface area contributed by atoms with E-state index < -0.39 is 40.5 Å². The first-order chi connectivity index (χ1) is 14.8. The fraction of sp³-hybridized carbons (Fsp3) is 0.647. The van der Waals surface area contributed by atoms with Crippen molar-refractivity contribution in [1.29, 1.82) is 0 Å². The fourth-order valence-corrected chi connectivity index (χ4v) is 2.95. The predicted molar refractivity (Wildman–Crippen MR) is 108 cm³/mol. The highest BCUT2D eigenvalue weighted by Gasteiger charge is 2.43. The van der Waals surface area contributed by atoms with E-state index in [-0.39, 0.29) is 42.2 Å². The summed E-state index contributed by atoms with van der Waals surface area (Å²) >= 11 is 0. The summed E-state index contributed by atoms with van der Waals surface area (Å²) in [5.74, 6) is -2.75. The van der Waals surface area contributed by atoms with Crippen molar-refractivity contribution in [2.45, 2.75) is 52.0 Å². The van der Waals surface area contributed by atoms with Gasteiger partial charge in [-0.3, -0.25) is 9.36 Å². The van der Waals surface area contributed by atoms with E-state index in [4.69, 9.17) is 29.0 Å². The molecule has 0 bridgehead atoms. The molecule has 0 saturated carbocycles. The van der Waals surface area contributed by atoms with Crippen molar-refractivity contribution in [3.8, 4) is 5.88 Å². The van der Waals surface area contributed by atoms with Crippen molar-refractivity contribution in [1.82, 2.24) is 19.5 Å². The van der Waals surface area contributed by atoms with Gasteiger partial charge in [-0.05, 0) is 27.7 Å². The third-order valence-corrected chi connectivity index (χ3v) is 4.77. The maximum atomic E-state index is 15.6. The normalized spacial score (nSPS) is 16.0. The summed E-state index contributed by atoms with van der Waals surface area (Å²) in [5, 5.41) is 0. The molecular weight excluding hydrogens is 439 g/mol. The van der Waals surface area contributed by atoms with Crippen LogP contribution in [0.4, 0.5) is 14.7 Å². The Labute approximate surface area is 179 Å². The first-order valence-electron chi connectivity index (χ1n) is 9.42. The average molecular weight is 465 g/mol. The summed E-state index contributed by atoms with van der Waals surface area (Å²) in [6.07, 6.45) is -1.90. The Morgan fingerprint density at radius 2 is 2.10 bits per heavy atom. The number of nitrogens with two attached hydrogens (primary N) is 1. The zero-order valence-electron chi connectivity index (χ0n) is 17.6. The van der Waals surface area contributed by atoms with Crippen LogP contribution in [0.3, 0.4) is 0 Å². The molecule has 0 amide bonds. The highest BCUT2D eigenvalue weighted by Crippen LogP contribution is 2.32. The lowest BCUT2D eigenvalue weighted by Gasteiger charge is -2.33. The number of aromatic nitrogens is 4. The molecule has 1 unspecified atom stereocenters. The Hall–Kier alpha value is -2.21. The average Bonchev–Trinajstić information content (AvgIpc) is 3.13. The predicted octanol–water partition coefficient (Wildman–Crippen LogP) is 2.47. The second-order valence-electron chi connectivity index (χ2n) is 6.57. The molecule has 0 fully saturated rings. The van der Waals surface area contributed by atoms with Gasteiger partial charge in [-0.2, -0.15) is 9.97 Å². The molecule has 2 rings (SSSR count). The number of nitrogen functional groups attached to an aromatic ring is 1. The summed E-state index contributed by atoms with van der Waals surface area (Å²) < 4.78 is 56.6. The first-order valence-corrected chi connectivity index (χ1v) is 10.2. The van der Waals surface area contributed by atoms with Crippen LogP contribution in [0.1, 0.15) is 33.9 Å². The summed E-state index contributed by atoms with van der Waals surface area (Å²) in [5.41, 5.74) is 5.98. The molecule has 2 N–H and O–H groups in total. The van der Waals surface area contributed by atoms with Crippen molar-refractivity contribution < 1.29 is 36.8 Å². The number of rotatable bonds is 14. The number of imidazole rings is 1. The minimum Gasteiger partial charge on any atom is -0.476 e. The van der Waals surface area contributed by atoms with E-state index in [0.717, 1.165) is 4.57 Å². The van der Waals surface area contributed by atoms with Crippen LogP contribution in [0.25, 0.3) is 11.2 Å². The Bertz CT molecular complexity index is 860. The zero-order valence-corrected chi connectivity index (χ0v) is 18.6. The van der Waals surface area contributed by atoms with Crippen molar-refractivity contribution in [3.05, 3.63) is 6.33 Å². The molecule has 174 valence electrons. The van der Waals surface area contributed by atoms with Crippen molar-refractivity contribution >= 4 is 32.6 Å². The van der Waals surface area contributed by atoms with Crippen molar-refractivity contribution in [2.75, 3.05) is 25.6 Å². The van der Waals surface area contributed by atoms with Gasteiger partial charge in [-0.1, -0.05) is 0 Å². The molecule has 0 aromatic carbocycles. The summed E-state index contributed by atoms with van der Waals surface area (Å²) in [4.78, 5) is 22.8. The van der Waals surface area contributed by atoms with Gasteiger partial charge >= 0.3 is 0 Å². The van der Waals surface area contributed by atoms with Gasteiger partial charge < -0.3 is 29.0 Å². The van der Waals surface area contributed by atoms with E-state index >= 15 is 4.39 Å². The number of nitrogens with zero attached hydrogens (tertiary/aromatic N) is 4. The van der Waals surface area contributed by atoms with Gasteiger partial charge in [0.05, 0.1) is 19.0 Å². The van der Waals surface area contributed by atoms with Gasteiger partial charge in [0.25, 0.3) is 12.3 Å². The topological polar surface area (TPSA) is 133 Å². The van der Waals surface area contributed by atoms with Gasteiger partial charge in [0.1, 0.15) is 13.3 Å². The van der Waals surface area contributed by atoms with Crippen LogP contribution in [-0.2, 0) is 23.3 Å². The van der Waals surface area contributed by atoms with E-state index in [1.807, 2.05) is 0 Å². The summed E-state index contributed by atoms with van der Waals surface area (Å²) in [7, 11) is -0.499. The van der Waals surface area contributed by atoms with Crippen LogP contribution in [0.2, 0.25) is 0 Å². The van der Waals surface area contributed by atoms with Gasteiger partial charge in [0, 0.05) is 0 Å². The Morgan fingerprint density at radius 3 is 2.71 bits per heavy atom. The number of carbonyl (C=O) groups is 1. The number of hydrogen-bond donors (Lipinski definition) is 1. The molecule has 14 heteroatoms. The third-order valence-electron chi connectivity index (χ3n) is 3.94. The molecule has 0 spiro atoms. The van der Waals surface area contributed by atoms with Gasteiger partial charge in [-0.25, -0.2) is 13.8 Å². The lowest BCUT2D eigenvalue weighted by molar-refractivity contribution is -0.261. The smallest absolute Gasteiger partial charge is 0.293 e. The summed E-state index contributed by atoms with van der Waals surface area (Å²) in [6.45, 7) is 5.05. The molecule has 0 saturated heterocycles. The lowest BCUT2D eigenvalue weighted by Crippen LogP contribution is -2.46. The number of carbonyl (C=O) groups excluding carboxylic acids is 1. The highest BCUT2D eigenvalue weighted by atomic mass is 31.1. The molecule has 31 heavy (non-hydrogen) atoms. The van der Waals surface area contributed by atoms with E-state index in [2.05, 4.69) is 15.0 Å². The maximum Gasteiger partial charge on any atom is 0.293 e. The van der Waals surface area contributed by atoms with E-state index in [1.165, 1.54) is 13.3 Å². The number of anilines is 1. The van der Waals surface area contributed by atoms with E-state index in [1.54, 1.807) is 20.8 Å².